The summed E-state index contributed by atoms with van der Waals surface area (Å²) in [7, 11) is 1.65. The van der Waals surface area contributed by atoms with Crippen LogP contribution < -0.4 is 4.74 Å². The van der Waals surface area contributed by atoms with Crippen LogP contribution in [0.4, 0.5) is 0 Å². The maximum absolute atomic E-state index is 5.23. The second-order valence-electron chi connectivity index (χ2n) is 5.04. The summed E-state index contributed by atoms with van der Waals surface area (Å²) in [5.74, 6) is 1.66. The quantitative estimate of drug-likeness (QED) is 0.852. The molecule has 1 heterocycles. The highest BCUT2D eigenvalue weighted by atomic mass is 79.9. The first kappa shape index (κ1) is 13.1. The average molecular weight is 310 g/mol. The molecule has 0 radical (unpaired) electrons. The Morgan fingerprint density at radius 3 is 2.56 bits per heavy atom. The molecule has 0 aliphatic heterocycles. The summed E-state index contributed by atoms with van der Waals surface area (Å²) >= 11 is 3.49. The third kappa shape index (κ3) is 2.41. The lowest BCUT2D eigenvalue weighted by Crippen LogP contribution is -2.21. The first-order valence-corrected chi connectivity index (χ1v) is 6.47. The minimum absolute atomic E-state index is 0.0504. The van der Waals surface area contributed by atoms with Crippen LogP contribution in [0.2, 0.25) is 0 Å². The van der Waals surface area contributed by atoms with Gasteiger partial charge in [0, 0.05) is 11.1 Å². The number of nitrogens with zero attached hydrogens (tertiary/aromatic N) is 3. The van der Waals surface area contributed by atoms with E-state index < -0.39 is 0 Å². The van der Waals surface area contributed by atoms with Crippen LogP contribution >= 0.6 is 15.9 Å². The van der Waals surface area contributed by atoms with Crippen molar-refractivity contribution in [2.45, 2.75) is 26.3 Å². The van der Waals surface area contributed by atoms with E-state index in [4.69, 9.17) is 4.74 Å². The van der Waals surface area contributed by atoms with Gasteiger partial charge in [-0.15, -0.1) is 10.2 Å². The van der Waals surface area contributed by atoms with Crippen molar-refractivity contribution in [1.82, 2.24) is 14.8 Å². The minimum Gasteiger partial charge on any atom is -0.496 e. The van der Waals surface area contributed by atoms with Crippen molar-refractivity contribution in [3.05, 3.63) is 29.0 Å². The molecule has 4 nitrogen and oxygen atoms in total. The molecule has 0 fully saturated rings. The highest BCUT2D eigenvalue weighted by Gasteiger charge is 2.19. The van der Waals surface area contributed by atoms with Crippen LogP contribution in [0.1, 0.15) is 20.8 Å². The second-order valence-corrected chi connectivity index (χ2v) is 5.90. The maximum Gasteiger partial charge on any atom is 0.164 e. The Morgan fingerprint density at radius 2 is 2.00 bits per heavy atom. The lowest BCUT2D eigenvalue weighted by atomic mass is 10.1. The molecule has 0 saturated carbocycles. The van der Waals surface area contributed by atoms with Crippen LogP contribution in [0.15, 0.2) is 29.0 Å². The number of hydrogen-bond donors (Lipinski definition) is 0. The number of methoxy groups -OCH3 is 1. The molecule has 18 heavy (non-hydrogen) atoms. The summed E-state index contributed by atoms with van der Waals surface area (Å²) < 4.78 is 8.19. The van der Waals surface area contributed by atoms with Crippen LogP contribution in [0.3, 0.4) is 0 Å². The van der Waals surface area contributed by atoms with Gasteiger partial charge in [0.25, 0.3) is 0 Å². The Hall–Kier alpha value is -1.36. The molecule has 0 atom stereocenters. The van der Waals surface area contributed by atoms with Crippen molar-refractivity contribution in [3.8, 4) is 17.1 Å². The van der Waals surface area contributed by atoms with Gasteiger partial charge in [0.15, 0.2) is 5.82 Å². The molecule has 2 rings (SSSR count). The van der Waals surface area contributed by atoms with Gasteiger partial charge in [-0.2, -0.15) is 0 Å². The zero-order valence-electron chi connectivity index (χ0n) is 10.9. The molecule has 0 aliphatic rings. The molecule has 2 aromatic rings. The Labute approximate surface area is 115 Å². The molecule has 96 valence electrons. The number of halogens is 1. The molecule has 5 heteroatoms. The second kappa shape index (κ2) is 4.72. The molecule has 0 aliphatic carbocycles. The third-order valence-corrected chi connectivity index (χ3v) is 3.30. The first-order chi connectivity index (χ1) is 8.43. The molecule has 0 spiro atoms. The molecule has 0 bridgehead atoms. The van der Waals surface area contributed by atoms with Gasteiger partial charge >= 0.3 is 0 Å². The standard InChI is InChI=1S/C13H16BrN3O/c1-13(2,3)17-8-15-16-12(17)9-5-6-11(18-4)10(14)7-9/h5-8H,1-4H3. The van der Waals surface area contributed by atoms with Gasteiger partial charge in [0.2, 0.25) is 0 Å². The van der Waals surface area contributed by atoms with Crippen molar-refractivity contribution in [1.29, 1.82) is 0 Å². The summed E-state index contributed by atoms with van der Waals surface area (Å²) in [6, 6.07) is 5.89. The van der Waals surface area contributed by atoms with Crippen LogP contribution in [0.5, 0.6) is 5.75 Å². The predicted octanol–water partition coefficient (Wildman–Crippen LogP) is 3.47. The molecule has 1 aromatic carbocycles. The summed E-state index contributed by atoms with van der Waals surface area (Å²) in [6.45, 7) is 6.37. The number of hydrogen-bond acceptors (Lipinski definition) is 3. The fourth-order valence-corrected chi connectivity index (χ4v) is 2.27. The summed E-state index contributed by atoms with van der Waals surface area (Å²) in [6.07, 6.45) is 1.76. The van der Waals surface area contributed by atoms with Gasteiger partial charge in [-0.05, 0) is 54.9 Å². The summed E-state index contributed by atoms with van der Waals surface area (Å²) in [5, 5.41) is 8.20. The Kier molecular flexibility index (Phi) is 3.43. The Bertz CT molecular complexity index is 558. The van der Waals surface area contributed by atoms with E-state index in [1.54, 1.807) is 13.4 Å². The smallest absolute Gasteiger partial charge is 0.164 e. The zero-order valence-corrected chi connectivity index (χ0v) is 12.5. The highest BCUT2D eigenvalue weighted by Crippen LogP contribution is 2.31. The van der Waals surface area contributed by atoms with E-state index >= 15 is 0 Å². The number of rotatable bonds is 2. The van der Waals surface area contributed by atoms with Crippen LogP contribution in [-0.4, -0.2) is 21.9 Å². The predicted molar refractivity (Wildman–Crippen MR) is 74.7 cm³/mol. The average Bonchev–Trinajstić information content (AvgIpc) is 2.77. The van der Waals surface area contributed by atoms with E-state index in [1.165, 1.54) is 0 Å². The van der Waals surface area contributed by atoms with E-state index in [-0.39, 0.29) is 5.54 Å². The molecule has 0 amide bonds. The van der Waals surface area contributed by atoms with Crippen molar-refractivity contribution in [2.24, 2.45) is 0 Å². The van der Waals surface area contributed by atoms with Gasteiger partial charge in [-0.3, -0.25) is 0 Å². The Morgan fingerprint density at radius 1 is 1.28 bits per heavy atom. The van der Waals surface area contributed by atoms with Crippen molar-refractivity contribution in [3.63, 3.8) is 0 Å². The fourth-order valence-electron chi connectivity index (χ4n) is 1.73. The van der Waals surface area contributed by atoms with Crippen LogP contribution in [-0.2, 0) is 5.54 Å². The van der Waals surface area contributed by atoms with Gasteiger partial charge in [-0.1, -0.05) is 0 Å². The lowest BCUT2D eigenvalue weighted by Gasteiger charge is -2.22. The van der Waals surface area contributed by atoms with Gasteiger partial charge in [-0.25, -0.2) is 0 Å². The van der Waals surface area contributed by atoms with Crippen molar-refractivity contribution in [2.75, 3.05) is 7.11 Å². The normalized spacial score (nSPS) is 11.6. The lowest BCUT2D eigenvalue weighted by molar-refractivity contribution is 0.399. The molecule has 0 unspecified atom stereocenters. The van der Waals surface area contributed by atoms with E-state index in [0.717, 1.165) is 21.6 Å². The summed E-state index contributed by atoms with van der Waals surface area (Å²) in [5.41, 5.74) is 0.959. The topological polar surface area (TPSA) is 39.9 Å². The molecule has 0 saturated heterocycles. The van der Waals surface area contributed by atoms with E-state index in [0.29, 0.717) is 0 Å². The monoisotopic (exact) mass is 309 g/mol. The van der Waals surface area contributed by atoms with Crippen LogP contribution in [0.25, 0.3) is 11.4 Å². The summed E-state index contributed by atoms with van der Waals surface area (Å²) in [4.78, 5) is 0. The molecule has 0 N–H and O–H groups in total. The third-order valence-electron chi connectivity index (χ3n) is 2.68. The van der Waals surface area contributed by atoms with Gasteiger partial charge in [0.1, 0.15) is 12.1 Å². The van der Waals surface area contributed by atoms with E-state index in [1.807, 2.05) is 18.2 Å². The number of benzene rings is 1. The van der Waals surface area contributed by atoms with E-state index in [2.05, 4.69) is 51.5 Å². The van der Waals surface area contributed by atoms with Gasteiger partial charge < -0.3 is 9.30 Å². The molecular weight excluding hydrogens is 294 g/mol. The molecular formula is C13H16BrN3O. The van der Waals surface area contributed by atoms with Crippen LogP contribution in [0, 0.1) is 0 Å². The van der Waals surface area contributed by atoms with E-state index in [9.17, 15) is 0 Å². The van der Waals surface area contributed by atoms with Gasteiger partial charge in [0.05, 0.1) is 11.6 Å². The SMILES string of the molecule is COc1ccc(-c2nncn2C(C)(C)C)cc1Br. The zero-order chi connectivity index (χ0) is 13.3. The Balaban J connectivity index is 2.50. The van der Waals surface area contributed by atoms with Crippen molar-refractivity contribution < 1.29 is 4.74 Å². The molecule has 1 aromatic heterocycles. The first-order valence-electron chi connectivity index (χ1n) is 5.68. The number of aromatic nitrogens is 3. The fraction of sp³-hybridized carbons (Fsp3) is 0.385. The highest BCUT2D eigenvalue weighted by molar-refractivity contribution is 9.10. The largest absolute Gasteiger partial charge is 0.496 e. The number of ether oxygens (including phenoxy) is 1. The minimum atomic E-state index is -0.0504. The van der Waals surface area contributed by atoms with Crippen molar-refractivity contribution >= 4 is 15.9 Å². The maximum atomic E-state index is 5.23.